The van der Waals surface area contributed by atoms with Gasteiger partial charge in [0.15, 0.2) is 0 Å². The van der Waals surface area contributed by atoms with Gasteiger partial charge >= 0.3 is 0 Å². The zero-order valence-electron chi connectivity index (χ0n) is 11.4. The molecule has 2 N–H and O–H groups in total. The first-order chi connectivity index (χ1) is 8.69. The van der Waals surface area contributed by atoms with Crippen molar-refractivity contribution >= 4 is 0 Å². The van der Waals surface area contributed by atoms with E-state index in [9.17, 15) is 0 Å². The Morgan fingerprint density at radius 2 is 2.06 bits per heavy atom. The summed E-state index contributed by atoms with van der Waals surface area (Å²) >= 11 is 0. The monoisotopic (exact) mass is 248 g/mol. The second-order valence-corrected chi connectivity index (χ2v) is 5.39. The fraction of sp³-hybridized carbons (Fsp3) is 0.600. The molecule has 1 aliphatic heterocycles. The van der Waals surface area contributed by atoms with Crippen molar-refractivity contribution in [2.24, 2.45) is 0 Å². The second kappa shape index (κ2) is 6.32. The molecule has 1 aromatic carbocycles. The van der Waals surface area contributed by atoms with E-state index in [1.165, 1.54) is 11.1 Å². The third kappa shape index (κ3) is 3.55. The summed E-state index contributed by atoms with van der Waals surface area (Å²) in [6.45, 7) is 7.62. The van der Waals surface area contributed by atoms with E-state index in [1.807, 2.05) is 0 Å². The minimum Gasteiger partial charge on any atom is -0.396 e. The van der Waals surface area contributed by atoms with Gasteiger partial charge in [-0.25, -0.2) is 0 Å². The molecule has 0 aromatic heterocycles. The molecule has 1 aliphatic rings. The SMILES string of the molecule is Cc1ccc(CN2CC(C)NCC2CCO)cc1. The number of hydrogen-bond donors (Lipinski definition) is 2. The Hall–Kier alpha value is -0.900. The number of benzene rings is 1. The molecule has 1 heterocycles. The van der Waals surface area contributed by atoms with Crippen LogP contribution in [-0.2, 0) is 6.54 Å². The molecule has 1 saturated heterocycles. The summed E-state index contributed by atoms with van der Waals surface area (Å²) in [7, 11) is 0. The zero-order chi connectivity index (χ0) is 13.0. The molecule has 100 valence electrons. The van der Waals surface area contributed by atoms with Crippen LogP contribution in [0.5, 0.6) is 0 Å². The van der Waals surface area contributed by atoms with Gasteiger partial charge in [-0.1, -0.05) is 29.8 Å². The van der Waals surface area contributed by atoms with Crippen molar-refractivity contribution in [2.45, 2.75) is 38.9 Å². The molecule has 0 bridgehead atoms. The summed E-state index contributed by atoms with van der Waals surface area (Å²) in [5, 5.41) is 12.6. The van der Waals surface area contributed by atoms with Crippen molar-refractivity contribution in [3.05, 3.63) is 35.4 Å². The van der Waals surface area contributed by atoms with Gasteiger partial charge in [0.2, 0.25) is 0 Å². The van der Waals surface area contributed by atoms with Crippen molar-refractivity contribution in [3.63, 3.8) is 0 Å². The van der Waals surface area contributed by atoms with Crippen LogP contribution in [0, 0.1) is 6.92 Å². The zero-order valence-corrected chi connectivity index (χ0v) is 11.4. The number of nitrogens with one attached hydrogen (secondary N) is 1. The van der Waals surface area contributed by atoms with Crippen molar-refractivity contribution in [2.75, 3.05) is 19.7 Å². The van der Waals surface area contributed by atoms with E-state index in [0.717, 1.165) is 26.1 Å². The van der Waals surface area contributed by atoms with Crippen LogP contribution in [0.4, 0.5) is 0 Å². The van der Waals surface area contributed by atoms with Gasteiger partial charge < -0.3 is 10.4 Å². The lowest BCUT2D eigenvalue weighted by Crippen LogP contribution is -2.55. The van der Waals surface area contributed by atoms with Crippen LogP contribution >= 0.6 is 0 Å². The highest BCUT2D eigenvalue weighted by atomic mass is 16.3. The molecule has 3 nitrogen and oxygen atoms in total. The van der Waals surface area contributed by atoms with Crippen LogP contribution in [0.25, 0.3) is 0 Å². The molecule has 0 spiro atoms. The Morgan fingerprint density at radius 3 is 2.72 bits per heavy atom. The van der Waals surface area contributed by atoms with Crippen LogP contribution in [0.15, 0.2) is 24.3 Å². The van der Waals surface area contributed by atoms with Crippen LogP contribution < -0.4 is 5.32 Å². The van der Waals surface area contributed by atoms with E-state index in [0.29, 0.717) is 12.1 Å². The molecule has 2 unspecified atom stereocenters. The maximum atomic E-state index is 9.15. The number of rotatable bonds is 4. The first kappa shape index (κ1) is 13.5. The fourth-order valence-electron chi connectivity index (χ4n) is 2.59. The van der Waals surface area contributed by atoms with Gasteiger partial charge in [0.25, 0.3) is 0 Å². The molecule has 2 rings (SSSR count). The Balaban J connectivity index is 2.01. The molecule has 1 aromatic rings. The van der Waals surface area contributed by atoms with E-state index >= 15 is 0 Å². The highest BCUT2D eigenvalue weighted by Crippen LogP contribution is 2.15. The van der Waals surface area contributed by atoms with Gasteiger partial charge in [0.05, 0.1) is 0 Å². The summed E-state index contributed by atoms with van der Waals surface area (Å²) in [4.78, 5) is 2.49. The Kier molecular flexibility index (Phi) is 4.75. The Morgan fingerprint density at radius 1 is 1.33 bits per heavy atom. The lowest BCUT2D eigenvalue weighted by molar-refractivity contribution is 0.104. The number of piperazine rings is 1. The summed E-state index contributed by atoms with van der Waals surface area (Å²) in [6, 6.07) is 9.73. The smallest absolute Gasteiger partial charge is 0.0446 e. The largest absolute Gasteiger partial charge is 0.396 e. The average Bonchev–Trinajstić information content (AvgIpc) is 2.36. The summed E-state index contributed by atoms with van der Waals surface area (Å²) < 4.78 is 0. The highest BCUT2D eigenvalue weighted by molar-refractivity contribution is 5.21. The predicted molar refractivity (Wildman–Crippen MR) is 74.5 cm³/mol. The standard InChI is InChI=1S/C15H24N2O/c1-12-3-5-14(6-4-12)11-17-10-13(2)16-9-15(17)7-8-18/h3-6,13,15-16,18H,7-11H2,1-2H3. The molecular formula is C15H24N2O. The normalized spacial score (nSPS) is 25.3. The van der Waals surface area contributed by atoms with Gasteiger partial charge in [-0.3, -0.25) is 4.90 Å². The average molecular weight is 248 g/mol. The molecule has 3 heteroatoms. The van der Waals surface area contributed by atoms with E-state index in [4.69, 9.17) is 5.11 Å². The minimum atomic E-state index is 0.269. The Bertz CT molecular complexity index is 363. The molecular weight excluding hydrogens is 224 g/mol. The van der Waals surface area contributed by atoms with Crippen molar-refractivity contribution in [3.8, 4) is 0 Å². The first-order valence-corrected chi connectivity index (χ1v) is 6.83. The molecule has 2 atom stereocenters. The topological polar surface area (TPSA) is 35.5 Å². The number of aliphatic hydroxyl groups excluding tert-OH is 1. The first-order valence-electron chi connectivity index (χ1n) is 6.83. The predicted octanol–water partition coefficient (Wildman–Crippen LogP) is 1.54. The quantitative estimate of drug-likeness (QED) is 0.848. The second-order valence-electron chi connectivity index (χ2n) is 5.39. The van der Waals surface area contributed by atoms with Gasteiger partial charge in [0.1, 0.15) is 0 Å². The molecule has 0 amide bonds. The summed E-state index contributed by atoms with van der Waals surface area (Å²) in [5.74, 6) is 0. The van der Waals surface area contributed by atoms with Crippen LogP contribution in [0.1, 0.15) is 24.5 Å². The lowest BCUT2D eigenvalue weighted by atomic mass is 10.0. The summed E-state index contributed by atoms with van der Waals surface area (Å²) in [6.07, 6.45) is 0.853. The van der Waals surface area contributed by atoms with E-state index in [1.54, 1.807) is 0 Å². The lowest BCUT2D eigenvalue weighted by Gasteiger charge is -2.39. The van der Waals surface area contributed by atoms with E-state index in [-0.39, 0.29) is 6.61 Å². The highest BCUT2D eigenvalue weighted by Gasteiger charge is 2.25. The number of nitrogens with zero attached hydrogens (tertiary/aromatic N) is 1. The van der Waals surface area contributed by atoms with Gasteiger partial charge in [0, 0.05) is 38.3 Å². The van der Waals surface area contributed by atoms with Crippen LogP contribution in [0.2, 0.25) is 0 Å². The van der Waals surface area contributed by atoms with Crippen molar-refractivity contribution < 1.29 is 5.11 Å². The van der Waals surface area contributed by atoms with Crippen molar-refractivity contribution in [1.82, 2.24) is 10.2 Å². The number of aliphatic hydroxyl groups is 1. The van der Waals surface area contributed by atoms with Crippen LogP contribution in [0.3, 0.4) is 0 Å². The number of aryl methyl sites for hydroxylation is 1. The Labute approximate surface area is 110 Å². The summed E-state index contributed by atoms with van der Waals surface area (Å²) in [5.41, 5.74) is 2.66. The van der Waals surface area contributed by atoms with Crippen LogP contribution in [-0.4, -0.2) is 41.8 Å². The maximum Gasteiger partial charge on any atom is 0.0446 e. The van der Waals surface area contributed by atoms with Crippen molar-refractivity contribution in [1.29, 1.82) is 0 Å². The van der Waals surface area contributed by atoms with Gasteiger partial charge in [-0.2, -0.15) is 0 Å². The third-order valence-corrected chi connectivity index (χ3v) is 3.70. The molecule has 0 radical (unpaired) electrons. The van der Waals surface area contributed by atoms with E-state index < -0.39 is 0 Å². The van der Waals surface area contributed by atoms with Gasteiger partial charge in [-0.15, -0.1) is 0 Å². The molecule has 18 heavy (non-hydrogen) atoms. The molecule has 0 aliphatic carbocycles. The van der Waals surface area contributed by atoms with E-state index in [2.05, 4.69) is 48.3 Å². The fourth-order valence-corrected chi connectivity index (χ4v) is 2.59. The molecule has 1 fully saturated rings. The molecule has 0 saturated carbocycles. The number of hydrogen-bond acceptors (Lipinski definition) is 3. The maximum absolute atomic E-state index is 9.15. The third-order valence-electron chi connectivity index (χ3n) is 3.70. The van der Waals surface area contributed by atoms with Gasteiger partial charge in [-0.05, 0) is 25.8 Å². The minimum absolute atomic E-state index is 0.269.